The van der Waals surface area contributed by atoms with Crippen molar-refractivity contribution in [1.29, 1.82) is 0 Å². The van der Waals surface area contributed by atoms with Gasteiger partial charge >= 0.3 is 49.6 Å². The standard InChI is InChI=1S/C20H39N2.4ClH.Mn/c1-3-4-5-6-7-8-9-10-11-12-13-14-15-16-17-22-19-18-21(2)20-22;;;;;/h18-20H,3-17H2,1-2H3;4*1H;/q+1;;;;;+4/p-4. The van der Waals surface area contributed by atoms with Crippen molar-refractivity contribution < 1.29 is 13.8 Å². The monoisotopic (exact) mass is 502 g/mol. The van der Waals surface area contributed by atoms with Gasteiger partial charge in [0, 0.05) is 0 Å². The summed E-state index contributed by atoms with van der Waals surface area (Å²) in [6.07, 6.45) is 26.5. The van der Waals surface area contributed by atoms with Crippen LogP contribution >= 0.6 is 40.4 Å². The molecular formula is C20H39Cl4MnN2+. The topological polar surface area (TPSA) is 8.81 Å². The Kier molecular flexibility index (Phi) is 19.5. The normalized spacial score (nSPS) is 11.9. The van der Waals surface area contributed by atoms with Gasteiger partial charge in [0.05, 0.1) is 13.6 Å². The molecule has 163 valence electrons. The molecule has 7 heteroatoms. The van der Waals surface area contributed by atoms with Crippen LogP contribution in [0.3, 0.4) is 0 Å². The van der Waals surface area contributed by atoms with Gasteiger partial charge in [0.25, 0.3) is 0 Å². The Bertz CT molecular complexity index is 430. The van der Waals surface area contributed by atoms with Crippen LogP contribution in [-0.4, -0.2) is 4.57 Å². The molecule has 0 aromatic carbocycles. The first-order chi connectivity index (χ1) is 12.8. The second-order valence-electron chi connectivity index (χ2n) is 7.24. The molecule has 0 aliphatic heterocycles. The minimum atomic E-state index is -2.74. The van der Waals surface area contributed by atoms with E-state index >= 15 is 0 Å². The fourth-order valence-corrected chi connectivity index (χ4v) is 3.12. The van der Waals surface area contributed by atoms with Crippen LogP contribution in [-0.2, 0) is 22.8 Å². The number of hydrogen-bond acceptors (Lipinski definition) is 0. The molecule has 1 aromatic heterocycles. The van der Waals surface area contributed by atoms with E-state index in [0.29, 0.717) is 0 Å². The van der Waals surface area contributed by atoms with E-state index in [1.54, 1.807) is 0 Å². The fraction of sp³-hybridized carbons (Fsp3) is 0.850. The summed E-state index contributed by atoms with van der Waals surface area (Å²) < 4.78 is 4.41. The quantitative estimate of drug-likeness (QED) is 0.129. The molecule has 2 nitrogen and oxygen atoms in total. The Morgan fingerprint density at radius 1 is 0.704 bits per heavy atom. The SMILES string of the molecule is CCCCCCCCCCCCCCCCn1cc[n+](C)c1.[Cl][Mn]([Cl])([Cl])[Cl]. The van der Waals surface area contributed by atoms with E-state index in [9.17, 15) is 0 Å². The predicted octanol–water partition coefficient (Wildman–Crippen LogP) is 8.55. The first-order valence-electron chi connectivity index (χ1n) is 10.4. The number of hydrogen-bond donors (Lipinski definition) is 0. The molecule has 0 unspecified atom stereocenters. The summed E-state index contributed by atoms with van der Waals surface area (Å²) in [5.41, 5.74) is 0. The molecule has 0 saturated heterocycles. The zero-order valence-corrected chi connectivity index (χ0v) is 21.3. The van der Waals surface area contributed by atoms with Gasteiger partial charge in [0.2, 0.25) is 6.33 Å². The number of aryl methyl sites for hydroxylation is 2. The number of unbranched alkanes of at least 4 members (excludes halogenated alkanes) is 13. The van der Waals surface area contributed by atoms with Crippen LogP contribution in [0.5, 0.6) is 0 Å². The molecule has 0 radical (unpaired) electrons. The summed E-state index contributed by atoms with van der Waals surface area (Å²) in [5, 5.41) is 0. The molecule has 0 amide bonds. The summed E-state index contributed by atoms with van der Waals surface area (Å²) in [5.74, 6) is 0. The van der Waals surface area contributed by atoms with Crippen LogP contribution in [0.15, 0.2) is 18.7 Å². The van der Waals surface area contributed by atoms with Gasteiger partial charge in [0.1, 0.15) is 12.4 Å². The molecule has 0 saturated carbocycles. The van der Waals surface area contributed by atoms with Gasteiger partial charge in [-0.3, -0.25) is 0 Å². The van der Waals surface area contributed by atoms with Crippen LogP contribution in [0.25, 0.3) is 0 Å². The van der Waals surface area contributed by atoms with Crippen molar-refractivity contribution in [2.24, 2.45) is 7.05 Å². The van der Waals surface area contributed by atoms with E-state index in [1.807, 2.05) is 0 Å². The Hall–Kier alpha value is 0.889. The summed E-state index contributed by atoms with van der Waals surface area (Å²) in [6.45, 7) is 3.47. The van der Waals surface area contributed by atoms with Crippen LogP contribution < -0.4 is 4.57 Å². The molecule has 0 aliphatic rings. The Labute approximate surface area is 187 Å². The molecule has 0 atom stereocenters. The number of nitrogens with zero attached hydrogens (tertiary/aromatic N) is 2. The third-order valence-corrected chi connectivity index (χ3v) is 4.59. The number of aromatic nitrogens is 2. The van der Waals surface area contributed by atoms with Crippen molar-refractivity contribution in [1.82, 2.24) is 4.57 Å². The second kappa shape index (κ2) is 18.9. The van der Waals surface area contributed by atoms with Crippen LogP contribution in [0.1, 0.15) is 96.8 Å². The van der Waals surface area contributed by atoms with Crippen molar-refractivity contribution in [3.63, 3.8) is 0 Å². The molecule has 1 aromatic rings. The van der Waals surface area contributed by atoms with Crippen molar-refractivity contribution in [2.75, 3.05) is 0 Å². The first-order valence-corrected chi connectivity index (χ1v) is 16.9. The van der Waals surface area contributed by atoms with E-state index in [4.69, 9.17) is 40.4 Å². The van der Waals surface area contributed by atoms with Gasteiger partial charge in [-0.1, -0.05) is 84.0 Å². The first kappa shape index (κ1) is 27.9. The molecule has 0 aliphatic carbocycles. The molecule has 1 rings (SSSR count). The van der Waals surface area contributed by atoms with E-state index in [0.717, 1.165) is 0 Å². The van der Waals surface area contributed by atoms with Crippen molar-refractivity contribution in [2.45, 2.75) is 103 Å². The zero-order chi connectivity index (χ0) is 20.4. The Balaban J connectivity index is 0.00000119. The van der Waals surface area contributed by atoms with Gasteiger partial charge in [-0.15, -0.1) is 0 Å². The summed E-state index contributed by atoms with van der Waals surface area (Å²) in [4.78, 5) is 0. The molecule has 0 bridgehead atoms. The molecule has 27 heavy (non-hydrogen) atoms. The Morgan fingerprint density at radius 3 is 1.41 bits per heavy atom. The second-order valence-corrected chi connectivity index (χ2v) is 18.9. The van der Waals surface area contributed by atoms with Gasteiger partial charge in [-0.2, -0.15) is 0 Å². The predicted molar refractivity (Wildman–Crippen MR) is 119 cm³/mol. The summed E-state index contributed by atoms with van der Waals surface area (Å²) >= 11 is 0. The third kappa shape index (κ3) is 24.9. The molecular weight excluding hydrogens is 465 g/mol. The van der Waals surface area contributed by atoms with E-state index < -0.39 is 9.20 Å². The number of halogens is 4. The van der Waals surface area contributed by atoms with Crippen molar-refractivity contribution in [3.05, 3.63) is 18.7 Å². The van der Waals surface area contributed by atoms with Gasteiger partial charge in [0.15, 0.2) is 0 Å². The van der Waals surface area contributed by atoms with Crippen LogP contribution in [0, 0.1) is 0 Å². The van der Waals surface area contributed by atoms with Crippen molar-refractivity contribution >= 4 is 40.4 Å². The Morgan fingerprint density at radius 2 is 1.07 bits per heavy atom. The molecule has 0 fully saturated rings. The molecule has 0 N–H and O–H groups in total. The average molecular weight is 504 g/mol. The number of rotatable bonds is 15. The van der Waals surface area contributed by atoms with Crippen molar-refractivity contribution in [3.8, 4) is 0 Å². The van der Waals surface area contributed by atoms with Gasteiger partial charge in [-0.05, 0) is 12.8 Å². The van der Waals surface area contributed by atoms with E-state index in [1.165, 1.54) is 96.4 Å². The average Bonchev–Trinajstić information content (AvgIpc) is 2.99. The maximum absolute atomic E-state index is 4.97. The molecule has 1 heterocycles. The van der Waals surface area contributed by atoms with Crippen LogP contribution in [0.2, 0.25) is 0 Å². The fourth-order valence-electron chi connectivity index (χ4n) is 3.12. The van der Waals surface area contributed by atoms with Gasteiger partial charge < -0.3 is 0 Å². The molecule has 0 spiro atoms. The van der Waals surface area contributed by atoms with E-state index in [2.05, 4.69) is 41.8 Å². The van der Waals surface area contributed by atoms with Gasteiger partial charge in [-0.25, -0.2) is 9.13 Å². The maximum atomic E-state index is 4.97. The summed E-state index contributed by atoms with van der Waals surface area (Å²) in [6, 6.07) is 0. The number of imidazole rings is 1. The zero-order valence-electron chi connectivity index (χ0n) is 17.1. The van der Waals surface area contributed by atoms with E-state index in [-0.39, 0.29) is 0 Å². The minimum absolute atomic E-state index is 1.18. The summed E-state index contributed by atoms with van der Waals surface area (Å²) in [7, 11) is 19.2. The third-order valence-electron chi connectivity index (χ3n) is 4.59. The van der Waals surface area contributed by atoms with Crippen LogP contribution in [0.4, 0.5) is 0 Å².